The van der Waals surface area contributed by atoms with Crippen LogP contribution in [0.5, 0.6) is 0 Å². The van der Waals surface area contributed by atoms with Crippen molar-refractivity contribution in [2.45, 2.75) is 51.9 Å². The first-order valence-electron chi connectivity index (χ1n) is 10.8. The molecule has 6 rings (SSSR count). The molecule has 2 N–H and O–H groups in total. The number of aryl methyl sites for hydroxylation is 1. The monoisotopic (exact) mass is 426 g/mol. The molecular weight excluding hydrogens is 400 g/mol. The highest BCUT2D eigenvalue weighted by atomic mass is 35.5. The molecule has 0 unspecified atom stereocenters. The van der Waals surface area contributed by atoms with E-state index in [2.05, 4.69) is 16.0 Å². The maximum atomic E-state index is 12.7. The molecule has 4 aliphatic rings. The van der Waals surface area contributed by atoms with Gasteiger partial charge in [0.05, 0.1) is 11.4 Å². The van der Waals surface area contributed by atoms with Crippen LogP contribution in [0.25, 0.3) is 5.69 Å². The van der Waals surface area contributed by atoms with E-state index in [4.69, 9.17) is 11.6 Å². The fourth-order valence-corrected chi connectivity index (χ4v) is 6.94. The van der Waals surface area contributed by atoms with Crippen molar-refractivity contribution < 1.29 is 9.59 Å². The topological polar surface area (TPSA) is 76.0 Å². The van der Waals surface area contributed by atoms with Gasteiger partial charge in [0.2, 0.25) is 5.91 Å². The third-order valence-corrected chi connectivity index (χ3v) is 7.60. The van der Waals surface area contributed by atoms with E-state index in [1.54, 1.807) is 6.92 Å². The number of nitrogens with one attached hydrogen (secondary N) is 2. The lowest BCUT2D eigenvalue weighted by atomic mass is 9.49. The zero-order chi connectivity index (χ0) is 20.9. The van der Waals surface area contributed by atoms with Crippen molar-refractivity contribution in [2.75, 3.05) is 0 Å². The number of aromatic nitrogens is 2. The van der Waals surface area contributed by atoms with E-state index in [1.165, 1.54) is 23.9 Å². The van der Waals surface area contributed by atoms with E-state index in [1.807, 2.05) is 30.3 Å². The van der Waals surface area contributed by atoms with Crippen LogP contribution in [-0.4, -0.2) is 21.6 Å². The zero-order valence-electron chi connectivity index (χ0n) is 17.2. The van der Waals surface area contributed by atoms with Crippen LogP contribution in [0.2, 0.25) is 5.15 Å². The van der Waals surface area contributed by atoms with Crippen molar-refractivity contribution in [1.82, 2.24) is 20.6 Å². The molecule has 6 nitrogen and oxygen atoms in total. The Morgan fingerprint density at radius 2 is 1.67 bits per heavy atom. The molecule has 1 aromatic carbocycles. The summed E-state index contributed by atoms with van der Waals surface area (Å²) in [5, 5.41) is 4.62. The summed E-state index contributed by atoms with van der Waals surface area (Å²) in [5.41, 5.74) is 6.87. The van der Waals surface area contributed by atoms with Gasteiger partial charge in [-0.2, -0.15) is 5.10 Å². The first-order valence-corrected chi connectivity index (χ1v) is 11.2. The molecule has 0 aliphatic heterocycles. The molecule has 4 aliphatic carbocycles. The van der Waals surface area contributed by atoms with E-state index in [0.717, 1.165) is 42.7 Å². The number of benzene rings is 1. The highest BCUT2D eigenvalue weighted by Crippen LogP contribution is 2.61. The highest BCUT2D eigenvalue weighted by molar-refractivity contribution is 6.33. The van der Waals surface area contributed by atoms with Crippen LogP contribution in [-0.2, 0) is 4.79 Å². The second-order valence-electron chi connectivity index (χ2n) is 9.60. The summed E-state index contributed by atoms with van der Waals surface area (Å²) < 4.78 is 1.53. The first kappa shape index (κ1) is 19.6. The summed E-state index contributed by atoms with van der Waals surface area (Å²) in [6.45, 7) is 1.73. The summed E-state index contributed by atoms with van der Waals surface area (Å²) in [5.74, 6) is 1.82. The van der Waals surface area contributed by atoms with Crippen molar-refractivity contribution in [3.05, 3.63) is 46.7 Å². The Morgan fingerprint density at radius 3 is 2.27 bits per heavy atom. The molecule has 4 fully saturated rings. The van der Waals surface area contributed by atoms with Crippen molar-refractivity contribution in [3.8, 4) is 5.69 Å². The number of hydrogen-bond donors (Lipinski definition) is 2. The van der Waals surface area contributed by atoms with Crippen molar-refractivity contribution in [1.29, 1.82) is 0 Å². The lowest BCUT2D eigenvalue weighted by molar-refractivity contribution is -0.130. The van der Waals surface area contributed by atoms with Gasteiger partial charge in [-0.3, -0.25) is 20.4 Å². The van der Waals surface area contributed by atoms with Crippen LogP contribution in [0, 0.1) is 30.1 Å². The number of halogens is 1. The van der Waals surface area contributed by atoms with Gasteiger partial charge in [-0.25, -0.2) is 4.68 Å². The van der Waals surface area contributed by atoms with Gasteiger partial charge in [0, 0.05) is 6.42 Å². The molecule has 7 heteroatoms. The van der Waals surface area contributed by atoms with Gasteiger partial charge in [-0.05, 0) is 80.8 Å². The van der Waals surface area contributed by atoms with Crippen LogP contribution in [0.3, 0.4) is 0 Å². The van der Waals surface area contributed by atoms with E-state index in [9.17, 15) is 9.59 Å². The Balaban J connectivity index is 1.24. The van der Waals surface area contributed by atoms with Crippen LogP contribution < -0.4 is 10.9 Å². The molecule has 158 valence electrons. The molecule has 4 saturated carbocycles. The van der Waals surface area contributed by atoms with Gasteiger partial charge in [0.15, 0.2) is 0 Å². The average Bonchev–Trinajstić information content (AvgIpc) is 2.99. The lowest BCUT2D eigenvalue weighted by Crippen LogP contribution is -2.50. The molecule has 0 spiro atoms. The van der Waals surface area contributed by atoms with Crippen molar-refractivity contribution in [3.63, 3.8) is 0 Å². The van der Waals surface area contributed by atoms with E-state index >= 15 is 0 Å². The number of hydrogen-bond acceptors (Lipinski definition) is 3. The smallest absolute Gasteiger partial charge is 0.273 e. The quantitative estimate of drug-likeness (QED) is 0.719. The molecule has 2 aromatic rings. The van der Waals surface area contributed by atoms with Crippen molar-refractivity contribution >= 4 is 23.4 Å². The van der Waals surface area contributed by atoms with Gasteiger partial charge >= 0.3 is 0 Å². The van der Waals surface area contributed by atoms with Crippen LogP contribution in [0.4, 0.5) is 0 Å². The normalized spacial score (nSPS) is 29.1. The number of carbonyl (C=O) groups excluding carboxylic acids is 2. The first-order chi connectivity index (χ1) is 14.4. The number of carbonyl (C=O) groups is 2. The standard InChI is InChI=1S/C23H27ClN4O2/c1-14-20(21(24)28(27-14)18-5-3-2-4-6-18)22(30)26-25-19(29)13-23-10-15-7-16(11-23)9-17(8-15)12-23/h2-6,15-17H,7-13H2,1H3,(H,25,29)(H,26,30). The van der Waals surface area contributed by atoms with E-state index in [0.29, 0.717) is 12.1 Å². The third-order valence-electron chi connectivity index (χ3n) is 7.25. The van der Waals surface area contributed by atoms with Crippen molar-refractivity contribution in [2.24, 2.45) is 23.2 Å². The molecule has 1 aromatic heterocycles. The van der Waals surface area contributed by atoms with Gasteiger partial charge in [-0.15, -0.1) is 0 Å². The number of nitrogens with zero attached hydrogens (tertiary/aromatic N) is 2. The summed E-state index contributed by atoms with van der Waals surface area (Å²) in [4.78, 5) is 25.4. The molecule has 0 radical (unpaired) electrons. The molecule has 0 atom stereocenters. The maximum absolute atomic E-state index is 12.7. The Kier molecular flexibility index (Phi) is 4.85. The number of hydrazine groups is 1. The third kappa shape index (κ3) is 3.51. The SMILES string of the molecule is Cc1nn(-c2ccccc2)c(Cl)c1C(=O)NNC(=O)CC12CC3CC(CC(C3)C1)C2. The minimum atomic E-state index is -0.446. The largest absolute Gasteiger partial charge is 0.274 e. The fraction of sp³-hybridized carbons (Fsp3) is 0.522. The average molecular weight is 427 g/mol. The van der Waals surface area contributed by atoms with E-state index < -0.39 is 5.91 Å². The van der Waals surface area contributed by atoms with Gasteiger partial charge in [-0.1, -0.05) is 29.8 Å². The molecule has 30 heavy (non-hydrogen) atoms. The van der Waals surface area contributed by atoms with Gasteiger partial charge in [0.1, 0.15) is 10.7 Å². The lowest BCUT2D eigenvalue weighted by Gasteiger charge is -2.56. The second kappa shape index (κ2) is 7.41. The van der Waals surface area contributed by atoms with E-state index in [-0.39, 0.29) is 22.0 Å². The predicted octanol–water partition coefficient (Wildman–Crippen LogP) is 4.20. The highest BCUT2D eigenvalue weighted by Gasteiger charge is 2.51. The Hall–Kier alpha value is -2.34. The Bertz CT molecular complexity index is 949. The molecule has 2 amide bonds. The molecule has 4 bridgehead atoms. The Labute approximate surface area is 181 Å². The maximum Gasteiger partial charge on any atom is 0.274 e. The Morgan fingerprint density at radius 1 is 1.07 bits per heavy atom. The fourth-order valence-electron chi connectivity index (χ4n) is 6.58. The number of rotatable bonds is 4. The number of para-hydroxylation sites is 1. The molecule has 0 saturated heterocycles. The minimum absolute atomic E-state index is 0.116. The summed E-state index contributed by atoms with van der Waals surface area (Å²) in [6.07, 6.45) is 8.02. The van der Waals surface area contributed by atoms with Crippen LogP contribution >= 0.6 is 11.6 Å². The second-order valence-corrected chi connectivity index (χ2v) is 9.95. The molecular formula is C23H27ClN4O2. The van der Waals surface area contributed by atoms with Gasteiger partial charge in [0.25, 0.3) is 5.91 Å². The summed E-state index contributed by atoms with van der Waals surface area (Å²) in [6, 6.07) is 9.40. The predicted molar refractivity (Wildman–Crippen MR) is 114 cm³/mol. The zero-order valence-corrected chi connectivity index (χ0v) is 17.9. The summed E-state index contributed by atoms with van der Waals surface area (Å²) in [7, 11) is 0. The number of amides is 2. The van der Waals surface area contributed by atoms with Crippen LogP contribution in [0.1, 0.15) is 61.0 Å². The van der Waals surface area contributed by atoms with Gasteiger partial charge < -0.3 is 0 Å². The van der Waals surface area contributed by atoms with Crippen LogP contribution in [0.15, 0.2) is 30.3 Å². The molecule has 1 heterocycles. The summed E-state index contributed by atoms with van der Waals surface area (Å²) >= 11 is 6.45. The minimum Gasteiger partial charge on any atom is -0.273 e.